The van der Waals surface area contributed by atoms with Crippen LogP contribution in [0.1, 0.15) is 11.1 Å². The molecular weight excluding hydrogens is 468 g/mol. The summed E-state index contributed by atoms with van der Waals surface area (Å²) >= 11 is 0. The summed E-state index contributed by atoms with van der Waals surface area (Å²) in [7, 11) is 0. The molecule has 31 heavy (non-hydrogen) atoms. The Morgan fingerprint density at radius 2 is 0.742 bits per heavy atom. The lowest BCUT2D eigenvalue weighted by Crippen LogP contribution is -2.57. The van der Waals surface area contributed by atoms with E-state index in [9.17, 15) is 52.7 Å². The lowest BCUT2D eigenvalue weighted by atomic mass is 9.71. The first-order valence-electron chi connectivity index (χ1n) is 7.29. The maximum absolute atomic E-state index is 14.4. The highest BCUT2D eigenvalue weighted by Gasteiger charge is 2.77. The Morgan fingerprint density at radius 3 is 0.968 bits per heavy atom. The van der Waals surface area contributed by atoms with E-state index in [0.29, 0.717) is 0 Å². The quantitative estimate of drug-likeness (QED) is 0.223. The van der Waals surface area contributed by atoms with Crippen LogP contribution in [0.3, 0.4) is 0 Å². The molecule has 0 aromatic heterocycles. The molecule has 0 heterocycles. The molecule has 0 aliphatic heterocycles. The second-order valence-corrected chi connectivity index (χ2v) is 5.90. The summed E-state index contributed by atoms with van der Waals surface area (Å²) in [5, 5.41) is 18.1. The number of hydrogen-bond acceptors (Lipinski definition) is 4. The number of phenols is 2. The normalized spacial score (nSPS) is 13.0. The van der Waals surface area contributed by atoms with Crippen molar-refractivity contribution < 1.29 is 62.9 Å². The first kappa shape index (κ1) is 24.1. The molecule has 4 nitrogen and oxygen atoms in total. The minimum atomic E-state index is -7.17. The third kappa shape index (κ3) is 2.95. The van der Waals surface area contributed by atoms with Crippen molar-refractivity contribution in [3.05, 3.63) is 46.0 Å². The van der Waals surface area contributed by atoms with E-state index in [2.05, 4.69) is 11.5 Å². The van der Waals surface area contributed by atoms with Gasteiger partial charge in [-0.3, -0.25) is 0 Å². The molecule has 0 aliphatic carbocycles. The molecule has 2 rings (SSSR count). The predicted octanol–water partition coefficient (Wildman–Crippen LogP) is 4.51. The van der Waals surface area contributed by atoms with Gasteiger partial charge in [0.05, 0.1) is 11.1 Å². The highest BCUT2D eigenvalue weighted by atomic mass is 19.4. The summed E-state index contributed by atoms with van der Waals surface area (Å²) in [5.41, 5.74) is -8.46. The van der Waals surface area contributed by atoms with E-state index in [-0.39, 0.29) is 0 Å². The summed E-state index contributed by atoms with van der Waals surface area (Å²) in [6.45, 7) is 0. The fourth-order valence-corrected chi connectivity index (χ4v) is 2.84. The Labute approximate surface area is 162 Å². The molecule has 172 valence electrons. The number of halogens is 12. The standard InChI is InChI=1S/C15H6F12N2O2/c16-3-1(5(18)9(28)11(30)7(3)20)13(14(22,23)24,15(25,26)27)2-4(17)8(21)12(31)10(29)6(2)19/h30-31H,28-29H2. The van der Waals surface area contributed by atoms with Crippen LogP contribution >= 0.6 is 0 Å². The number of nitrogens with two attached hydrogens (primary N) is 2. The first-order chi connectivity index (χ1) is 13.9. The van der Waals surface area contributed by atoms with Crippen LogP contribution in [0.5, 0.6) is 11.5 Å². The maximum atomic E-state index is 14.4. The van der Waals surface area contributed by atoms with E-state index < -0.39 is 86.7 Å². The Kier molecular flexibility index (Phi) is 5.37. The highest BCUT2D eigenvalue weighted by Crippen LogP contribution is 2.60. The Hall–Kier alpha value is -3.20. The maximum Gasteiger partial charge on any atom is 0.411 e. The van der Waals surface area contributed by atoms with Crippen LogP contribution in [-0.4, -0.2) is 22.6 Å². The van der Waals surface area contributed by atoms with Gasteiger partial charge in [-0.15, -0.1) is 0 Å². The van der Waals surface area contributed by atoms with Gasteiger partial charge in [0.2, 0.25) is 17.0 Å². The minimum Gasteiger partial charge on any atom is -0.503 e. The van der Waals surface area contributed by atoms with E-state index in [1.54, 1.807) is 0 Å². The number of benzene rings is 2. The molecule has 0 saturated heterocycles. The van der Waals surface area contributed by atoms with Crippen molar-refractivity contribution in [2.24, 2.45) is 0 Å². The summed E-state index contributed by atoms with van der Waals surface area (Å²) < 4.78 is 168. The van der Waals surface area contributed by atoms with Gasteiger partial charge >= 0.3 is 12.4 Å². The Balaban J connectivity index is 3.41. The fraction of sp³-hybridized carbons (Fsp3) is 0.200. The Bertz CT molecular complexity index is 934. The molecule has 0 saturated carbocycles. The molecule has 0 amide bonds. The Morgan fingerprint density at radius 1 is 0.484 bits per heavy atom. The number of hydrogen-bond donors (Lipinski definition) is 4. The molecule has 0 bridgehead atoms. The van der Waals surface area contributed by atoms with Gasteiger partial charge in [0.1, 0.15) is 11.4 Å². The lowest BCUT2D eigenvalue weighted by Gasteiger charge is -2.39. The molecule has 0 atom stereocenters. The molecule has 0 aliphatic rings. The van der Waals surface area contributed by atoms with E-state index in [4.69, 9.17) is 10.2 Å². The fourth-order valence-electron chi connectivity index (χ4n) is 2.84. The van der Waals surface area contributed by atoms with Gasteiger partial charge in [0.25, 0.3) is 0 Å². The first-order valence-corrected chi connectivity index (χ1v) is 7.29. The van der Waals surface area contributed by atoms with Gasteiger partial charge in [-0.1, -0.05) is 0 Å². The number of nitrogen functional groups attached to an aromatic ring is 2. The van der Waals surface area contributed by atoms with Gasteiger partial charge in [0, 0.05) is 0 Å². The molecule has 0 fully saturated rings. The summed E-state index contributed by atoms with van der Waals surface area (Å²) in [6.07, 6.45) is -14.3. The van der Waals surface area contributed by atoms with E-state index in [1.165, 1.54) is 0 Å². The van der Waals surface area contributed by atoms with E-state index in [1.807, 2.05) is 0 Å². The van der Waals surface area contributed by atoms with Crippen LogP contribution in [0.4, 0.5) is 64.1 Å². The van der Waals surface area contributed by atoms with Gasteiger partial charge in [0.15, 0.2) is 34.8 Å². The second kappa shape index (κ2) is 6.91. The van der Waals surface area contributed by atoms with Gasteiger partial charge in [-0.2, -0.15) is 35.1 Å². The van der Waals surface area contributed by atoms with Crippen molar-refractivity contribution in [2.75, 3.05) is 11.5 Å². The third-order valence-electron chi connectivity index (χ3n) is 4.26. The smallest absolute Gasteiger partial charge is 0.411 e. The van der Waals surface area contributed by atoms with Crippen LogP contribution in [0, 0.1) is 34.9 Å². The molecule has 16 heteroatoms. The van der Waals surface area contributed by atoms with Crippen LogP contribution in [-0.2, 0) is 5.41 Å². The van der Waals surface area contributed by atoms with Crippen molar-refractivity contribution in [1.29, 1.82) is 0 Å². The second-order valence-electron chi connectivity index (χ2n) is 5.90. The largest absolute Gasteiger partial charge is 0.503 e. The third-order valence-corrected chi connectivity index (χ3v) is 4.26. The van der Waals surface area contributed by atoms with Crippen LogP contribution in [0.2, 0.25) is 0 Å². The molecule has 0 unspecified atom stereocenters. The molecular formula is C15H6F12N2O2. The van der Waals surface area contributed by atoms with Gasteiger partial charge < -0.3 is 21.7 Å². The van der Waals surface area contributed by atoms with Gasteiger partial charge in [-0.25, -0.2) is 17.6 Å². The van der Waals surface area contributed by atoms with Crippen molar-refractivity contribution in [1.82, 2.24) is 0 Å². The number of rotatable bonds is 2. The highest BCUT2D eigenvalue weighted by molar-refractivity contribution is 5.64. The summed E-state index contributed by atoms with van der Waals surface area (Å²) in [5.74, 6) is -23.4. The monoisotopic (exact) mass is 474 g/mol. The topological polar surface area (TPSA) is 92.5 Å². The predicted molar refractivity (Wildman–Crippen MR) is 77.7 cm³/mol. The van der Waals surface area contributed by atoms with Gasteiger partial charge in [-0.05, 0) is 0 Å². The van der Waals surface area contributed by atoms with Crippen LogP contribution in [0.25, 0.3) is 0 Å². The number of phenolic OH excluding ortho intramolecular Hbond substituents is 2. The van der Waals surface area contributed by atoms with E-state index >= 15 is 0 Å². The average molecular weight is 474 g/mol. The van der Waals surface area contributed by atoms with Crippen molar-refractivity contribution in [3.63, 3.8) is 0 Å². The number of anilines is 2. The molecule has 6 N–H and O–H groups in total. The van der Waals surface area contributed by atoms with Crippen LogP contribution in [0.15, 0.2) is 0 Å². The molecule has 2 aromatic carbocycles. The SMILES string of the molecule is Nc1c(O)c(F)c(F)c(C(c2c(F)c(N)c(O)c(F)c2F)(C(F)(F)F)C(F)(F)F)c1F. The molecule has 0 radical (unpaired) electrons. The van der Waals surface area contributed by atoms with Crippen molar-refractivity contribution in [2.45, 2.75) is 17.8 Å². The minimum absolute atomic E-state index is 2.19. The van der Waals surface area contributed by atoms with Crippen molar-refractivity contribution >= 4 is 11.4 Å². The zero-order valence-corrected chi connectivity index (χ0v) is 14.1. The number of aromatic hydroxyl groups is 2. The number of alkyl halides is 6. The summed E-state index contributed by atoms with van der Waals surface area (Å²) in [4.78, 5) is 0. The zero-order valence-electron chi connectivity index (χ0n) is 14.1. The molecule has 0 spiro atoms. The van der Waals surface area contributed by atoms with Crippen molar-refractivity contribution in [3.8, 4) is 11.5 Å². The average Bonchev–Trinajstić information content (AvgIpc) is 2.64. The summed E-state index contributed by atoms with van der Waals surface area (Å²) in [6, 6.07) is 0. The van der Waals surface area contributed by atoms with Crippen LogP contribution < -0.4 is 11.5 Å². The van der Waals surface area contributed by atoms with E-state index in [0.717, 1.165) is 0 Å². The lowest BCUT2D eigenvalue weighted by molar-refractivity contribution is -0.291. The molecule has 2 aromatic rings. The zero-order chi connectivity index (χ0) is 24.4.